The fraction of sp³-hybridized carbons (Fsp3) is 0.182. The van der Waals surface area contributed by atoms with Crippen molar-refractivity contribution < 1.29 is 9.21 Å². The molecular weight excluding hydrogens is 338 g/mol. The number of aryl methyl sites for hydroxylation is 2. The topological polar surface area (TPSA) is 60.1 Å². The summed E-state index contributed by atoms with van der Waals surface area (Å²) in [7, 11) is 0. The van der Waals surface area contributed by atoms with Crippen molar-refractivity contribution in [2.75, 3.05) is 6.54 Å². The lowest BCUT2D eigenvalue weighted by atomic mass is 10.1. The summed E-state index contributed by atoms with van der Waals surface area (Å²) in [6, 6.07) is 19.3. The zero-order chi connectivity index (χ0) is 18.8. The quantitative estimate of drug-likeness (QED) is 0.579. The fourth-order valence-corrected chi connectivity index (χ4v) is 3.37. The van der Waals surface area contributed by atoms with Gasteiger partial charge in [-0.3, -0.25) is 9.48 Å². The monoisotopic (exact) mass is 359 g/mol. The molecule has 0 saturated carbocycles. The Hall–Kier alpha value is -3.34. The van der Waals surface area contributed by atoms with Crippen molar-refractivity contribution in [3.05, 3.63) is 89.6 Å². The van der Waals surface area contributed by atoms with Crippen LogP contribution in [0.25, 0.3) is 10.8 Å². The summed E-state index contributed by atoms with van der Waals surface area (Å²) in [5.74, 6) is 0.652. The maximum Gasteiger partial charge on any atom is 0.251 e. The van der Waals surface area contributed by atoms with Crippen LogP contribution in [0.4, 0.5) is 0 Å². The van der Waals surface area contributed by atoms with E-state index in [0.29, 0.717) is 12.1 Å². The summed E-state index contributed by atoms with van der Waals surface area (Å²) < 4.78 is 7.50. The third-order valence-electron chi connectivity index (χ3n) is 4.68. The lowest BCUT2D eigenvalue weighted by Crippen LogP contribution is -2.32. The molecule has 0 fully saturated rings. The second-order valence-electron chi connectivity index (χ2n) is 6.67. The van der Waals surface area contributed by atoms with Crippen molar-refractivity contribution in [1.29, 1.82) is 0 Å². The average molecular weight is 359 g/mol. The summed E-state index contributed by atoms with van der Waals surface area (Å²) in [6.45, 7) is 4.35. The number of benzene rings is 2. The molecule has 0 aliphatic heterocycles. The van der Waals surface area contributed by atoms with Gasteiger partial charge in [0.25, 0.3) is 5.91 Å². The molecule has 2 aromatic heterocycles. The molecule has 4 rings (SSSR count). The molecular formula is C22H21N3O2. The molecule has 5 nitrogen and oxygen atoms in total. The van der Waals surface area contributed by atoms with Gasteiger partial charge in [0.15, 0.2) is 0 Å². The smallest absolute Gasteiger partial charge is 0.251 e. The van der Waals surface area contributed by atoms with Gasteiger partial charge < -0.3 is 9.73 Å². The molecule has 1 unspecified atom stereocenters. The number of fused-ring (bicyclic) bond motifs is 1. The molecule has 2 heterocycles. The second kappa shape index (κ2) is 7.11. The van der Waals surface area contributed by atoms with Crippen LogP contribution in [0, 0.1) is 13.8 Å². The van der Waals surface area contributed by atoms with Gasteiger partial charge in [-0.15, -0.1) is 0 Å². The van der Waals surface area contributed by atoms with Gasteiger partial charge in [-0.1, -0.05) is 30.3 Å². The van der Waals surface area contributed by atoms with E-state index in [1.54, 1.807) is 6.26 Å². The first kappa shape index (κ1) is 17.1. The highest BCUT2D eigenvalue weighted by Crippen LogP contribution is 2.21. The van der Waals surface area contributed by atoms with Gasteiger partial charge in [-0.2, -0.15) is 5.10 Å². The number of furan rings is 1. The Morgan fingerprint density at radius 3 is 2.59 bits per heavy atom. The van der Waals surface area contributed by atoms with E-state index < -0.39 is 0 Å². The van der Waals surface area contributed by atoms with Gasteiger partial charge in [-0.05, 0) is 55.0 Å². The Labute approximate surface area is 157 Å². The van der Waals surface area contributed by atoms with Crippen LogP contribution >= 0.6 is 0 Å². The molecule has 5 heteroatoms. The van der Waals surface area contributed by atoms with Gasteiger partial charge in [0, 0.05) is 17.8 Å². The van der Waals surface area contributed by atoms with E-state index in [2.05, 4.69) is 10.4 Å². The maximum atomic E-state index is 12.7. The average Bonchev–Trinajstić information content (AvgIpc) is 3.31. The van der Waals surface area contributed by atoms with Gasteiger partial charge in [0.1, 0.15) is 11.8 Å². The predicted molar refractivity (Wildman–Crippen MR) is 105 cm³/mol. The van der Waals surface area contributed by atoms with Crippen LogP contribution in [0.3, 0.4) is 0 Å². The zero-order valence-electron chi connectivity index (χ0n) is 15.3. The summed E-state index contributed by atoms with van der Waals surface area (Å²) in [5.41, 5.74) is 2.60. The van der Waals surface area contributed by atoms with Crippen molar-refractivity contribution in [3.63, 3.8) is 0 Å². The first-order valence-corrected chi connectivity index (χ1v) is 8.95. The van der Waals surface area contributed by atoms with Crippen LogP contribution in [0.1, 0.15) is 33.5 Å². The van der Waals surface area contributed by atoms with Crippen molar-refractivity contribution in [2.24, 2.45) is 0 Å². The number of hydrogen-bond donors (Lipinski definition) is 1. The summed E-state index contributed by atoms with van der Waals surface area (Å²) >= 11 is 0. The Kier molecular flexibility index (Phi) is 4.50. The lowest BCUT2D eigenvalue weighted by Gasteiger charge is -2.18. The molecule has 27 heavy (non-hydrogen) atoms. The Morgan fingerprint density at radius 1 is 1.07 bits per heavy atom. The standard InChI is InChI=1S/C22H21N3O2/c1-15-12-16(2)25(24-15)20(21-8-5-11-27-21)14-23-22(26)19-10-9-17-6-3-4-7-18(17)13-19/h3-13,20H,14H2,1-2H3,(H,23,26). The van der Waals surface area contributed by atoms with Crippen LogP contribution in [0.2, 0.25) is 0 Å². The molecule has 1 N–H and O–H groups in total. The lowest BCUT2D eigenvalue weighted by molar-refractivity contribution is 0.0948. The Morgan fingerprint density at radius 2 is 1.89 bits per heavy atom. The maximum absolute atomic E-state index is 12.7. The third-order valence-corrected chi connectivity index (χ3v) is 4.68. The van der Waals surface area contributed by atoms with Crippen molar-refractivity contribution in [1.82, 2.24) is 15.1 Å². The van der Waals surface area contributed by atoms with Gasteiger partial charge in [0.05, 0.1) is 12.0 Å². The number of amides is 1. The molecule has 0 bridgehead atoms. The molecule has 1 amide bonds. The minimum absolute atomic E-state index is 0.112. The van der Waals surface area contributed by atoms with E-state index in [1.165, 1.54) is 0 Å². The highest BCUT2D eigenvalue weighted by Gasteiger charge is 2.21. The normalized spacial score (nSPS) is 12.2. The molecule has 0 saturated heterocycles. The second-order valence-corrected chi connectivity index (χ2v) is 6.67. The number of rotatable bonds is 5. The number of carbonyl (C=O) groups excluding carboxylic acids is 1. The van der Waals surface area contributed by atoms with E-state index in [9.17, 15) is 4.79 Å². The van der Waals surface area contributed by atoms with Crippen LogP contribution in [0.15, 0.2) is 71.3 Å². The molecule has 0 radical (unpaired) electrons. The van der Waals surface area contributed by atoms with Gasteiger partial charge >= 0.3 is 0 Å². The van der Waals surface area contributed by atoms with E-state index >= 15 is 0 Å². The van der Waals surface area contributed by atoms with Crippen molar-refractivity contribution >= 4 is 16.7 Å². The predicted octanol–water partition coefficient (Wildman–Crippen LogP) is 4.27. The van der Waals surface area contributed by atoms with Gasteiger partial charge in [0.2, 0.25) is 0 Å². The SMILES string of the molecule is Cc1cc(C)n(C(CNC(=O)c2ccc3ccccc3c2)c2ccco2)n1. The van der Waals surface area contributed by atoms with Crippen molar-refractivity contribution in [3.8, 4) is 0 Å². The van der Waals surface area contributed by atoms with Crippen LogP contribution in [-0.2, 0) is 0 Å². The summed E-state index contributed by atoms with van der Waals surface area (Å²) in [5, 5.41) is 9.75. The molecule has 2 aromatic carbocycles. The Bertz CT molecular complexity index is 1080. The fourth-order valence-electron chi connectivity index (χ4n) is 3.37. The van der Waals surface area contributed by atoms with E-state index in [4.69, 9.17) is 4.42 Å². The molecule has 0 aliphatic rings. The highest BCUT2D eigenvalue weighted by atomic mass is 16.3. The molecule has 0 aliphatic carbocycles. The van der Waals surface area contributed by atoms with E-state index in [1.807, 2.05) is 79.2 Å². The third kappa shape index (κ3) is 3.49. The highest BCUT2D eigenvalue weighted by molar-refractivity contribution is 5.98. The zero-order valence-corrected chi connectivity index (χ0v) is 15.3. The first-order chi connectivity index (χ1) is 13.1. The van der Waals surface area contributed by atoms with Crippen LogP contribution in [0.5, 0.6) is 0 Å². The number of aromatic nitrogens is 2. The number of hydrogen-bond acceptors (Lipinski definition) is 3. The number of nitrogens with one attached hydrogen (secondary N) is 1. The summed E-state index contributed by atoms with van der Waals surface area (Å²) in [6.07, 6.45) is 1.64. The molecule has 0 spiro atoms. The minimum atomic E-state index is -0.196. The largest absolute Gasteiger partial charge is 0.467 e. The first-order valence-electron chi connectivity index (χ1n) is 8.95. The number of nitrogens with zero attached hydrogens (tertiary/aromatic N) is 2. The molecule has 4 aromatic rings. The van der Waals surface area contributed by atoms with E-state index in [0.717, 1.165) is 27.9 Å². The minimum Gasteiger partial charge on any atom is -0.467 e. The molecule has 1 atom stereocenters. The van der Waals surface area contributed by atoms with E-state index in [-0.39, 0.29) is 11.9 Å². The molecule has 136 valence electrons. The summed E-state index contributed by atoms with van der Waals surface area (Å²) in [4.78, 5) is 12.7. The van der Waals surface area contributed by atoms with Crippen molar-refractivity contribution in [2.45, 2.75) is 19.9 Å². The van der Waals surface area contributed by atoms with Crippen LogP contribution < -0.4 is 5.32 Å². The van der Waals surface area contributed by atoms with Gasteiger partial charge in [-0.25, -0.2) is 0 Å². The number of carbonyl (C=O) groups is 1. The Balaban J connectivity index is 1.56. The van der Waals surface area contributed by atoms with Crippen LogP contribution in [-0.4, -0.2) is 22.2 Å².